The van der Waals surface area contributed by atoms with Gasteiger partial charge in [0, 0.05) is 41.1 Å². The highest BCUT2D eigenvalue weighted by Gasteiger charge is 2.39. The number of aliphatic imine (C=N–C) groups is 1. The van der Waals surface area contributed by atoms with Crippen molar-refractivity contribution < 1.29 is 20.1 Å². The highest BCUT2D eigenvalue weighted by atomic mass is 35.5. The number of aliphatic hydroxyl groups excluding tert-OH is 1. The number of aliphatic hydroxyl groups is 2. The minimum atomic E-state index is -1.62. The molecule has 4 aromatic rings. The Balaban J connectivity index is 1.78. The first kappa shape index (κ1) is 24.7. The molecule has 1 atom stereocenters. The molecule has 0 radical (unpaired) electrons. The van der Waals surface area contributed by atoms with E-state index in [2.05, 4.69) is 16.6 Å². The summed E-state index contributed by atoms with van der Waals surface area (Å²) in [5.41, 5.74) is 3.58. The van der Waals surface area contributed by atoms with Crippen molar-refractivity contribution in [1.82, 2.24) is 4.98 Å². The van der Waals surface area contributed by atoms with Crippen molar-refractivity contribution in [2.24, 2.45) is 4.99 Å². The third-order valence-electron chi connectivity index (χ3n) is 6.58. The van der Waals surface area contributed by atoms with Gasteiger partial charge in [-0.15, -0.1) is 0 Å². The number of hydrogen-bond acceptors (Lipinski definition) is 6. The van der Waals surface area contributed by atoms with E-state index < -0.39 is 5.60 Å². The smallest absolute Gasteiger partial charge is 0.214 e. The van der Waals surface area contributed by atoms with E-state index in [-0.39, 0.29) is 12.4 Å². The number of aromatic nitrogens is 1. The molecule has 0 amide bonds. The van der Waals surface area contributed by atoms with Crippen LogP contribution in [0.15, 0.2) is 95.6 Å². The lowest BCUT2D eigenvalue weighted by Gasteiger charge is -2.32. The van der Waals surface area contributed by atoms with E-state index in [0.29, 0.717) is 45.1 Å². The zero-order valence-electron chi connectivity index (χ0n) is 20.1. The summed E-state index contributed by atoms with van der Waals surface area (Å²) in [6.45, 7) is 4.02. The van der Waals surface area contributed by atoms with Crippen molar-refractivity contribution >= 4 is 28.7 Å². The van der Waals surface area contributed by atoms with Gasteiger partial charge in [-0.2, -0.15) is 0 Å². The zero-order chi connectivity index (χ0) is 26.2. The Hall–Kier alpha value is -3.97. The predicted molar refractivity (Wildman–Crippen MR) is 146 cm³/mol. The third-order valence-corrected chi connectivity index (χ3v) is 6.95. The molecule has 37 heavy (non-hydrogen) atoms. The van der Waals surface area contributed by atoms with Gasteiger partial charge in [-0.3, -0.25) is 4.99 Å². The molecule has 1 aliphatic rings. The second-order valence-electron chi connectivity index (χ2n) is 8.83. The number of nitrogens with zero attached hydrogens (tertiary/aromatic N) is 2. The summed E-state index contributed by atoms with van der Waals surface area (Å²) in [7, 11) is 1.55. The van der Waals surface area contributed by atoms with E-state index in [0.717, 1.165) is 22.1 Å². The first-order valence-corrected chi connectivity index (χ1v) is 12.1. The SMILES string of the molecule is C=C1C=NC=C1C(O)(c1ccc(Cl)c(CCO)c1)c1ccc2nc(OC)cc(-c3cccc(O)c3)c2c1. The molecule has 0 saturated carbocycles. The standard InChI is InChI=1S/C30H25ClN2O4/c1-18-16-32-17-26(18)30(36,21-6-8-27(31)20(12-21)10-11-34)22-7-9-28-25(14-22)24(15-29(33-28)37-2)19-4-3-5-23(35)13-19/h3-9,12-17,34-36H,1,10-11H2,2H3. The number of halogens is 1. The Kier molecular flexibility index (Phi) is 6.56. The number of aromatic hydroxyl groups is 1. The molecule has 0 aliphatic carbocycles. The lowest BCUT2D eigenvalue weighted by atomic mass is 9.77. The normalized spacial score (nSPS) is 14.6. The number of fused-ring (bicyclic) bond motifs is 1. The van der Waals surface area contributed by atoms with Gasteiger partial charge < -0.3 is 20.1 Å². The molecule has 6 nitrogen and oxygen atoms in total. The van der Waals surface area contributed by atoms with E-state index >= 15 is 0 Å². The van der Waals surface area contributed by atoms with Gasteiger partial charge in [0.05, 0.1) is 12.6 Å². The quantitative estimate of drug-likeness (QED) is 0.301. The van der Waals surface area contributed by atoms with E-state index in [4.69, 9.17) is 16.3 Å². The maximum atomic E-state index is 12.5. The predicted octanol–water partition coefficient (Wildman–Crippen LogP) is 5.56. The molecule has 0 spiro atoms. The van der Waals surface area contributed by atoms with Gasteiger partial charge in [0.1, 0.15) is 11.4 Å². The number of ether oxygens (including phenoxy) is 1. The summed E-state index contributed by atoms with van der Waals surface area (Å²) in [4.78, 5) is 8.82. The highest BCUT2D eigenvalue weighted by molar-refractivity contribution is 6.31. The highest BCUT2D eigenvalue weighted by Crippen LogP contribution is 2.44. The number of phenols is 1. The summed E-state index contributed by atoms with van der Waals surface area (Å²) in [6, 6.07) is 19.6. The van der Waals surface area contributed by atoms with Crippen molar-refractivity contribution in [3.05, 3.63) is 112 Å². The van der Waals surface area contributed by atoms with Gasteiger partial charge in [-0.1, -0.05) is 48.5 Å². The fourth-order valence-electron chi connectivity index (χ4n) is 4.71. The van der Waals surface area contributed by atoms with E-state index in [1.807, 2.05) is 24.3 Å². The number of pyridine rings is 1. The largest absolute Gasteiger partial charge is 0.508 e. The van der Waals surface area contributed by atoms with Crippen LogP contribution in [-0.2, 0) is 12.0 Å². The number of phenolic OH excluding ortho intramolecular Hbond substituents is 1. The molecular formula is C30H25ClN2O4. The van der Waals surface area contributed by atoms with E-state index in [1.54, 1.807) is 62.0 Å². The summed E-state index contributed by atoms with van der Waals surface area (Å²) in [6.07, 6.45) is 3.56. The lowest BCUT2D eigenvalue weighted by Crippen LogP contribution is -2.30. The molecule has 1 aromatic heterocycles. The molecule has 3 aromatic carbocycles. The molecule has 5 rings (SSSR count). The Morgan fingerprint density at radius 3 is 2.51 bits per heavy atom. The topological polar surface area (TPSA) is 95.2 Å². The average Bonchev–Trinajstić information content (AvgIpc) is 3.35. The van der Waals surface area contributed by atoms with Gasteiger partial charge in [0.25, 0.3) is 0 Å². The van der Waals surface area contributed by atoms with Gasteiger partial charge in [0.2, 0.25) is 5.88 Å². The molecular weight excluding hydrogens is 488 g/mol. The van der Waals surface area contributed by atoms with Crippen LogP contribution in [0.1, 0.15) is 16.7 Å². The van der Waals surface area contributed by atoms with Crippen LogP contribution in [0.2, 0.25) is 5.02 Å². The van der Waals surface area contributed by atoms with Gasteiger partial charge in [-0.05, 0) is 70.1 Å². The van der Waals surface area contributed by atoms with Crippen LogP contribution in [0.5, 0.6) is 11.6 Å². The molecule has 186 valence electrons. The Morgan fingerprint density at radius 1 is 1.03 bits per heavy atom. The molecule has 3 N–H and O–H groups in total. The van der Waals surface area contributed by atoms with E-state index in [1.165, 1.54) is 0 Å². The maximum Gasteiger partial charge on any atom is 0.214 e. The van der Waals surface area contributed by atoms with Gasteiger partial charge >= 0.3 is 0 Å². The summed E-state index contributed by atoms with van der Waals surface area (Å²) >= 11 is 6.38. The summed E-state index contributed by atoms with van der Waals surface area (Å²) in [5.74, 6) is 0.566. The minimum Gasteiger partial charge on any atom is -0.508 e. The van der Waals surface area contributed by atoms with Crippen molar-refractivity contribution in [1.29, 1.82) is 0 Å². The van der Waals surface area contributed by atoms with Crippen LogP contribution in [-0.4, -0.2) is 40.2 Å². The fourth-order valence-corrected chi connectivity index (χ4v) is 4.92. The van der Waals surface area contributed by atoms with E-state index in [9.17, 15) is 15.3 Å². The Labute approximate surface area is 219 Å². The van der Waals surface area contributed by atoms with Crippen LogP contribution in [0, 0.1) is 0 Å². The molecule has 1 unspecified atom stereocenters. The maximum absolute atomic E-state index is 12.5. The number of hydrogen-bond donors (Lipinski definition) is 3. The third kappa shape index (κ3) is 4.40. The molecule has 0 fully saturated rings. The number of methoxy groups -OCH3 is 1. The van der Waals surface area contributed by atoms with Gasteiger partial charge in [-0.25, -0.2) is 4.98 Å². The van der Waals surface area contributed by atoms with Crippen LogP contribution in [0.4, 0.5) is 0 Å². The lowest BCUT2D eigenvalue weighted by molar-refractivity contribution is 0.124. The molecule has 1 aliphatic heterocycles. The molecule has 7 heteroatoms. The van der Waals surface area contributed by atoms with Crippen molar-refractivity contribution in [2.45, 2.75) is 12.0 Å². The number of rotatable bonds is 7. The Bertz CT molecular complexity index is 1590. The van der Waals surface area contributed by atoms with Crippen LogP contribution < -0.4 is 4.74 Å². The molecule has 0 bridgehead atoms. The Morgan fingerprint density at radius 2 is 1.81 bits per heavy atom. The van der Waals surface area contributed by atoms with Crippen molar-refractivity contribution in [3.63, 3.8) is 0 Å². The van der Waals surface area contributed by atoms with Crippen LogP contribution >= 0.6 is 11.6 Å². The molecule has 0 saturated heterocycles. The second-order valence-corrected chi connectivity index (χ2v) is 9.24. The fraction of sp³-hybridized carbons (Fsp3) is 0.133. The first-order chi connectivity index (χ1) is 17.8. The minimum absolute atomic E-state index is 0.0725. The van der Waals surface area contributed by atoms with Crippen LogP contribution in [0.3, 0.4) is 0 Å². The first-order valence-electron chi connectivity index (χ1n) is 11.7. The summed E-state index contributed by atoms with van der Waals surface area (Å²) in [5, 5.41) is 33.4. The van der Waals surface area contributed by atoms with Crippen LogP contribution in [0.25, 0.3) is 22.0 Å². The monoisotopic (exact) mass is 512 g/mol. The number of benzene rings is 3. The molecule has 2 heterocycles. The van der Waals surface area contributed by atoms with Crippen molar-refractivity contribution in [2.75, 3.05) is 13.7 Å². The summed E-state index contributed by atoms with van der Waals surface area (Å²) < 4.78 is 5.43. The second kappa shape index (κ2) is 9.82. The average molecular weight is 513 g/mol. The zero-order valence-corrected chi connectivity index (χ0v) is 20.9. The van der Waals surface area contributed by atoms with Gasteiger partial charge in [0.15, 0.2) is 0 Å². The van der Waals surface area contributed by atoms with Crippen molar-refractivity contribution in [3.8, 4) is 22.8 Å².